The number of rotatable bonds is 2. The van der Waals surface area contributed by atoms with Crippen LogP contribution in [-0.2, 0) is 0 Å². The van der Waals surface area contributed by atoms with E-state index in [0.29, 0.717) is 11.3 Å². The lowest BCUT2D eigenvalue weighted by molar-refractivity contribution is 0.0734. The van der Waals surface area contributed by atoms with Crippen LogP contribution in [0.5, 0.6) is 5.75 Å². The zero-order chi connectivity index (χ0) is 16.6. The van der Waals surface area contributed by atoms with Crippen molar-refractivity contribution < 1.29 is 13.9 Å². The van der Waals surface area contributed by atoms with E-state index in [4.69, 9.17) is 4.74 Å². The van der Waals surface area contributed by atoms with Crippen molar-refractivity contribution in [1.29, 1.82) is 0 Å². The van der Waals surface area contributed by atoms with Crippen molar-refractivity contribution in [3.8, 4) is 5.75 Å². The summed E-state index contributed by atoms with van der Waals surface area (Å²) in [5.41, 5.74) is 3.35. The SMILES string of the molecule is CC1=CC(C)(C)Nc2ccc(OC(=O)c3ccc(F)cc3)cc21. The molecule has 0 bridgehead atoms. The van der Waals surface area contributed by atoms with Gasteiger partial charge in [0.1, 0.15) is 11.6 Å². The Kier molecular flexibility index (Phi) is 3.68. The van der Waals surface area contributed by atoms with Crippen LogP contribution >= 0.6 is 0 Å². The van der Waals surface area contributed by atoms with Crippen LogP contribution in [0.3, 0.4) is 0 Å². The second kappa shape index (κ2) is 5.54. The van der Waals surface area contributed by atoms with Gasteiger partial charge in [0.15, 0.2) is 0 Å². The number of carbonyl (C=O) groups excluding carboxylic acids is 1. The van der Waals surface area contributed by atoms with Crippen LogP contribution in [0.4, 0.5) is 10.1 Å². The van der Waals surface area contributed by atoms with Crippen molar-refractivity contribution in [2.24, 2.45) is 0 Å². The number of fused-ring (bicyclic) bond motifs is 1. The van der Waals surface area contributed by atoms with Crippen LogP contribution in [0.25, 0.3) is 5.57 Å². The number of hydrogen-bond acceptors (Lipinski definition) is 3. The quantitative estimate of drug-likeness (QED) is 0.648. The van der Waals surface area contributed by atoms with Gasteiger partial charge in [0, 0.05) is 11.3 Å². The number of allylic oxidation sites excluding steroid dienone is 1. The summed E-state index contributed by atoms with van der Waals surface area (Å²) < 4.78 is 18.3. The van der Waals surface area contributed by atoms with Gasteiger partial charge >= 0.3 is 5.97 Å². The number of nitrogens with one attached hydrogen (secondary N) is 1. The van der Waals surface area contributed by atoms with Crippen LogP contribution in [-0.4, -0.2) is 11.5 Å². The monoisotopic (exact) mass is 311 g/mol. The molecule has 0 amide bonds. The first kappa shape index (κ1) is 15.3. The molecule has 1 N–H and O–H groups in total. The molecule has 0 spiro atoms. The lowest BCUT2D eigenvalue weighted by Gasteiger charge is -2.31. The lowest BCUT2D eigenvalue weighted by Crippen LogP contribution is -2.31. The molecule has 0 saturated heterocycles. The van der Waals surface area contributed by atoms with Crippen LogP contribution in [0.15, 0.2) is 48.5 Å². The van der Waals surface area contributed by atoms with Crippen molar-refractivity contribution in [1.82, 2.24) is 0 Å². The van der Waals surface area contributed by atoms with Gasteiger partial charge in [-0.1, -0.05) is 6.08 Å². The van der Waals surface area contributed by atoms with E-state index in [1.54, 1.807) is 6.07 Å². The largest absolute Gasteiger partial charge is 0.423 e. The predicted octanol–water partition coefficient (Wildman–Crippen LogP) is 4.65. The van der Waals surface area contributed by atoms with Crippen LogP contribution in [0.1, 0.15) is 36.7 Å². The summed E-state index contributed by atoms with van der Waals surface area (Å²) in [6, 6.07) is 10.8. The van der Waals surface area contributed by atoms with E-state index in [1.165, 1.54) is 24.3 Å². The molecule has 3 rings (SSSR count). The molecule has 3 nitrogen and oxygen atoms in total. The van der Waals surface area contributed by atoms with Crippen LogP contribution < -0.4 is 10.1 Å². The van der Waals surface area contributed by atoms with E-state index in [1.807, 2.05) is 19.1 Å². The first-order valence-corrected chi connectivity index (χ1v) is 7.44. The molecule has 23 heavy (non-hydrogen) atoms. The molecule has 2 aromatic carbocycles. The van der Waals surface area contributed by atoms with Gasteiger partial charge in [-0.15, -0.1) is 0 Å². The molecule has 0 atom stereocenters. The van der Waals surface area contributed by atoms with Crippen molar-refractivity contribution in [3.05, 3.63) is 65.5 Å². The molecule has 0 aromatic heterocycles. The Balaban J connectivity index is 1.84. The third kappa shape index (κ3) is 3.26. The number of carbonyl (C=O) groups is 1. The Morgan fingerprint density at radius 1 is 1.13 bits per heavy atom. The summed E-state index contributed by atoms with van der Waals surface area (Å²) in [4.78, 5) is 12.1. The maximum Gasteiger partial charge on any atom is 0.343 e. The number of ether oxygens (including phenoxy) is 1. The molecule has 4 heteroatoms. The Morgan fingerprint density at radius 3 is 2.52 bits per heavy atom. The van der Waals surface area contributed by atoms with E-state index in [0.717, 1.165) is 16.8 Å². The Morgan fingerprint density at radius 2 is 1.83 bits per heavy atom. The van der Waals surface area contributed by atoms with E-state index in [9.17, 15) is 9.18 Å². The summed E-state index contributed by atoms with van der Waals surface area (Å²) in [6.45, 7) is 6.23. The summed E-state index contributed by atoms with van der Waals surface area (Å²) in [6.07, 6.45) is 2.14. The summed E-state index contributed by atoms with van der Waals surface area (Å²) >= 11 is 0. The number of anilines is 1. The second-order valence-electron chi connectivity index (χ2n) is 6.28. The van der Waals surface area contributed by atoms with Crippen molar-refractivity contribution >= 4 is 17.2 Å². The molecule has 2 aromatic rings. The molecule has 0 radical (unpaired) electrons. The molecule has 0 unspecified atom stereocenters. The third-order valence-electron chi connectivity index (χ3n) is 3.74. The Labute approximate surface area is 134 Å². The molecule has 0 aliphatic carbocycles. The average Bonchev–Trinajstić information content (AvgIpc) is 2.47. The molecule has 1 heterocycles. The molecule has 118 valence electrons. The zero-order valence-corrected chi connectivity index (χ0v) is 13.3. The second-order valence-corrected chi connectivity index (χ2v) is 6.28. The third-order valence-corrected chi connectivity index (χ3v) is 3.74. The Bertz CT molecular complexity index is 792. The fourth-order valence-electron chi connectivity index (χ4n) is 2.78. The van der Waals surface area contributed by atoms with Gasteiger partial charge in [0.25, 0.3) is 0 Å². The van der Waals surface area contributed by atoms with E-state index < -0.39 is 5.97 Å². The number of hydrogen-bond donors (Lipinski definition) is 1. The minimum Gasteiger partial charge on any atom is -0.423 e. The summed E-state index contributed by atoms with van der Waals surface area (Å²) in [7, 11) is 0. The highest BCUT2D eigenvalue weighted by Crippen LogP contribution is 2.35. The highest BCUT2D eigenvalue weighted by Gasteiger charge is 2.23. The molecular formula is C19H18FNO2. The minimum absolute atomic E-state index is 0.108. The maximum atomic E-state index is 12.9. The standard InChI is InChI=1S/C19H18FNO2/c1-12-11-19(2,3)21-17-9-8-15(10-16(12)17)23-18(22)13-4-6-14(20)7-5-13/h4-11,21H,1-3H3. The van der Waals surface area contributed by atoms with Crippen molar-refractivity contribution in [3.63, 3.8) is 0 Å². The fourth-order valence-corrected chi connectivity index (χ4v) is 2.78. The van der Waals surface area contributed by atoms with Gasteiger partial charge in [-0.3, -0.25) is 0 Å². The van der Waals surface area contributed by atoms with Crippen molar-refractivity contribution in [2.75, 3.05) is 5.32 Å². The van der Waals surface area contributed by atoms with Crippen LogP contribution in [0.2, 0.25) is 0 Å². The summed E-state index contributed by atoms with van der Waals surface area (Å²) in [5, 5.41) is 3.43. The van der Waals surface area contributed by atoms with Gasteiger partial charge in [-0.25, -0.2) is 9.18 Å². The van der Waals surface area contributed by atoms with E-state index in [-0.39, 0.29) is 11.4 Å². The maximum absolute atomic E-state index is 12.9. The molecule has 1 aliphatic heterocycles. The first-order valence-electron chi connectivity index (χ1n) is 7.44. The molecule has 1 aliphatic rings. The van der Waals surface area contributed by atoms with E-state index in [2.05, 4.69) is 25.2 Å². The minimum atomic E-state index is -0.504. The lowest BCUT2D eigenvalue weighted by atomic mass is 9.91. The van der Waals surface area contributed by atoms with Gasteiger partial charge < -0.3 is 10.1 Å². The summed E-state index contributed by atoms with van der Waals surface area (Å²) in [5.74, 6) is -0.423. The smallest absolute Gasteiger partial charge is 0.343 e. The normalized spacial score (nSPS) is 15.2. The predicted molar refractivity (Wildman–Crippen MR) is 89.2 cm³/mol. The van der Waals surface area contributed by atoms with Gasteiger partial charge in [-0.05, 0) is 68.8 Å². The Hall–Kier alpha value is -2.62. The average molecular weight is 311 g/mol. The first-order chi connectivity index (χ1) is 10.8. The fraction of sp³-hybridized carbons (Fsp3) is 0.211. The van der Waals surface area contributed by atoms with Crippen LogP contribution in [0, 0.1) is 5.82 Å². The van der Waals surface area contributed by atoms with Gasteiger partial charge in [0.05, 0.1) is 11.1 Å². The topological polar surface area (TPSA) is 38.3 Å². The van der Waals surface area contributed by atoms with Gasteiger partial charge in [0.2, 0.25) is 0 Å². The molecule has 0 fully saturated rings. The zero-order valence-electron chi connectivity index (χ0n) is 13.3. The van der Waals surface area contributed by atoms with Gasteiger partial charge in [-0.2, -0.15) is 0 Å². The highest BCUT2D eigenvalue weighted by molar-refractivity contribution is 5.91. The molecule has 0 saturated carbocycles. The number of benzene rings is 2. The number of halogens is 1. The highest BCUT2D eigenvalue weighted by atomic mass is 19.1. The van der Waals surface area contributed by atoms with E-state index >= 15 is 0 Å². The number of esters is 1. The molecular weight excluding hydrogens is 293 g/mol. The van der Waals surface area contributed by atoms with Crippen molar-refractivity contribution in [2.45, 2.75) is 26.3 Å².